The number of hydrogen-bond acceptors (Lipinski definition) is 1. The highest BCUT2D eigenvalue weighted by atomic mass is 79.9. The second-order valence-corrected chi connectivity index (χ2v) is 4.74. The van der Waals surface area contributed by atoms with E-state index in [9.17, 15) is 13.9 Å². The van der Waals surface area contributed by atoms with Crippen molar-refractivity contribution in [3.8, 4) is 11.1 Å². The second-order valence-electron chi connectivity index (χ2n) is 3.88. The molecule has 0 aliphatic rings. The van der Waals surface area contributed by atoms with E-state index >= 15 is 0 Å². The average Bonchev–Trinajstić information content (AvgIpc) is 2.38. The summed E-state index contributed by atoms with van der Waals surface area (Å²) in [5.74, 6) is 0. The van der Waals surface area contributed by atoms with Crippen LogP contribution in [0.15, 0.2) is 53.0 Å². The molecule has 0 aromatic heterocycles. The van der Waals surface area contributed by atoms with Crippen molar-refractivity contribution in [2.45, 2.75) is 12.5 Å². The number of alkyl halides is 2. The molecular formula is C14H11BrF2O. The Morgan fingerprint density at radius 2 is 1.56 bits per heavy atom. The maximum Gasteiger partial charge on any atom is 0.268 e. The van der Waals surface area contributed by atoms with E-state index in [0.717, 1.165) is 15.6 Å². The van der Waals surface area contributed by atoms with Gasteiger partial charge in [0.05, 0.1) is 0 Å². The normalized spacial score (nSPS) is 12.7. The third-order valence-corrected chi connectivity index (χ3v) is 3.37. The van der Waals surface area contributed by atoms with Gasteiger partial charge in [-0.1, -0.05) is 58.4 Å². The first kappa shape index (κ1) is 13.2. The summed E-state index contributed by atoms with van der Waals surface area (Å²) in [6.07, 6.45) is -4.49. The van der Waals surface area contributed by atoms with Crippen molar-refractivity contribution in [1.29, 1.82) is 0 Å². The molecule has 0 aliphatic heterocycles. The smallest absolute Gasteiger partial charge is 0.268 e. The Morgan fingerprint density at radius 1 is 0.944 bits per heavy atom. The van der Waals surface area contributed by atoms with Gasteiger partial charge in [0.1, 0.15) is 6.10 Å². The maximum absolute atomic E-state index is 12.3. The van der Waals surface area contributed by atoms with Crippen LogP contribution in [0.5, 0.6) is 0 Å². The highest BCUT2D eigenvalue weighted by molar-refractivity contribution is 9.10. The van der Waals surface area contributed by atoms with Crippen LogP contribution >= 0.6 is 15.9 Å². The van der Waals surface area contributed by atoms with Crippen LogP contribution in [0.4, 0.5) is 8.78 Å². The average molecular weight is 313 g/mol. The summed E-state index contributed by atoms with van der Waals surface area (Å²) in [5.41, 5.74) is 2.11. The van der Waals surface area contributed by atoms with Gasteiger partial charge in [0.25, 0.3) is 6.43 Å². The second kappa shape index (κ2) is 5.59. The lowest BCUT2D eigenvalue weighted by Gasteiger charge is -2.11. The molecule has 4 heteroatoms. The van der Waals surface area contributed by atoms with E-state index in [0.29, 0.717) is 0 Å². The fourth-order valence-corrected chi connectivity index (χ4v) is 2.21. The molecule has 1 N–H and O–H groups in total. The zero-order chi connectivity index (χ0) is 13.1. The summed E-state index contributed by atoms with van der Waals surface area (Å²) in [6.45, 7) is 0. The Balaban J connectivity index is 2.31. The van der Waals surface area contributed by atoms with Gasteiger partial charge < -0.3 is 5.11 Å². The summed E-state index contributed by atoms with van der Waals surface area (Å²) in [5, 5.41) is 9.25. The highest BCUT2D eigenvalue weighted by Crippen LogP contribution is 2.29. The summed E-state index contributed by atoms with van der Waals surface area (Å²) in [7, 11) is 0. The van der Waals surface area contributed by atoms with Crippen LogP contribution in [0.25, 0.3) is 11.1 Å². The Kier molecular flexibility index (Phi) is 4.09. The summed E-state index contributed by atoms with van der Waals surface area (Å²) < 4.78 is 25.6. The third-order valence-electron chi connectivity index (χ3n) is 2.68. The zero-order valence-corrected chi connectivity index (χ0v) is 10.9. The molecule has 1 unspecified atom stereocenters. The van der Waals surface area contributed by atoms with E-state index in [1.165, 1.54) is 12.1 Å². The third kappa shape index (κ3) is 2.76. The van der Waals surface area contributed by atoms with Crippen molar-refractivity contribution < 1.29 is 13.9 Å². The number of aliphatic hydroxyl groups is 1. The topological polar surface area (TPSA) is 20.2 Å². The molecule has 1 atom stereocenters. The fourth-order valence-electron chi connectivity index (χ4n) is 1.70. The molecule has 2 rings (SSSR count). The van der Waals surface area contributed by atoms with E-state index in [1.54, 1.807) is 12.1 Å². The molecule has 0 heterocycles. The molecule has 0 saturated heterocycles. The molecule has 0 fully saturated rings. The Labute approximate surface area is 112 Å². The standard InChI is InChI=1S/C14H11BrF2O/c15-12-4-2-1-3-11(12)9-5-7-10(8-6-9)13(18)14(16)17/h1-8,13-14,18H. The largest absolute Gasteiger partial charge is 0.382 e. The highest BCUT2D eigenvalue weighted by Gasteiger charge is 2.18. The summed E-state index contributed by atoms with van der Waals surface area (Å²) in [4.78, 5) is 0. The van der Waals surface area contributed by atoms with Crippen molar-refractivity contribution in [3.05, 3.63) is 58.6 Å². The van der Waals surface area contributed by atoms with Crippen molar-refractivity contribution in [2.24, 2.45) is 0 Å². The Bertz CT molecular complexity index is 526. The number of halogens is 3. The van der Waals surface area contributed by atoms with Gasteiger partial charge in [-0.2, -0.15) is 0 Å². The molecule has 18 heavy (non-hydrogen) atoms. The number of rotatable bonds is 3. The van der Waals surface area contributed by atoms with Crippen molar-refractivity contribution in [1.82, 2.24) is 0 Å². The predicted octanol–water partition coefficient (Wildman–Crippen LogP) is 4.41. The lowest BCUT2D eigenvalue weighted by molar-refractivity contribution is -0.00577. The van der Waals surface area contributed by atoms with Crippen LogP contribution in [-0.2, 0) is 0 Å². The fraction of sp³-hybridized carbons (Fsp3) is 0.143. The van der Waals surface area contributed by atoms with E-state index < -0.39 is 12.5 Å². The van der Waals surface area contributed by atoms with E-state index in [-0.39, 0.29) is 5.56 Å². The first-order valence-corrected chi connectivity index (χ1v) is 6.20. The van der Waals surface area contributed by atoms with Crippen LogP contribution in [0.3, 0.4) is 0 Å². The summed E-state index contributed by atoms with van der Waals surface area (Å²) >= 11 is 3.43. The minimum Gasteiger partial charge on any atom is -0.382 e. The van der Waals surface area contributed by atoms with Crippen LogP contribution in [0, 0.1) is 0 Å². The van der Waals surface area contributed by atoms with Gasteiger partial charge in [-0.25, -0.2) is 8.78 Å². The molecule has 0 radical (unpaired) electrons. The molecule has 0 bridgehead atoms. The van der Waals surface area contributed by atoms with Gasteiger partial charge in [0.2, 0.25) is 0 Å². The van der Waals surface area contributed by atoms with Crippen molar-refractivity contribution >= 4 is 15.9 Å². The molecule has 1 nitrogen and oxygen atoms in total. The Morgan fingerprint density at radius 3 is 2.11 bits per heavy atom. The first-order chi connectivity index (χ1) is 8.59. The Hall–Kier alpha value is -1.26. The van der Waals surface area contributed by atoms with Gasteiger partial charge >= 0.3 is 0 Å². The van der Waals surface area contributed by atoms with Crippen molar-refractivity contribution in [2.75, 3.05) is 0 Å². The molecule has 0 amide bonds. The minimum absolute atomic E-state index is 0.223. The lowest BCUT2D eigenvalue weighted by atomic mass is 10.0. The van der Waals surface area contributed by atoms with E-state index in [2.05, 4.69) is 15.9 Å². The molecule has 0 saturated carbocycles. The minimum atomic E-state index is -2.76. The zero-order valence-electron chi connectivity index (χ0n) is 9.35. The van der Waals surface area contributed by atoms with Crippen LogP contribution in [0.2, 0.25) is 0 Å². The molecule has 0 spiro atoms. The monoisotopic (exact) mass is 312 g/mol. The first-order valence-electron chi connectivity index (χ1n) is 5.40. The summed E-state index contributed by atoms with van der Waals surface area (Å²) in [6, 6.07) is 14.1. The van der Waals surface area contributed by atoms with Gasteiger partial charge in [-0.15, -0.1) is 0 Å². The number of benzene rings is 2. The maximum atomic E-state index is 12.3. The van der Waals surface area contributed by atoms with E-state index in [4.69, 9.17) is 0 Å². The van der Waals surface area contributed by atoms with E-state index in [1.807, 2.05) is 24.3 Å². The molecular weight excluding hydrogens is 302 g/mol. The van der Waals surface area contributed by atoms with Gasteiger partial charge in [0, 0.05) is 4.47 Å². The van der Waals surface area contributed by atoms with Gasteiger partial charge in [-0.3, -0.25) is 0 Å². The molecule has 2 aromatic carbocycles. The van der Waals surface area contributed by atoms with Gasteiger partial charge in [-0.05, 0) is 22.8 Å². The van der Waals surface area contributed by atoms with Crippen LogP contribution in [-0.4, -0.2) is 11.5 Å². The molecule has 94 valence electrons. The molecule has 2 aromatic rings. The lowest BCUT2D eigenvalue weighted by Crippen LogP contribution is -2.07. The number of hydrogen-bond donors (Lipinski definition) is 1. The molecule has 0 aliphatic carbocycles. The quantitative estimate of drug-likeness (QED) is 0.889. The van der Waals surface area contributed by atoms with Crippen LogP contribution in [0.1, 0.15) is 11.7 Å². The van der Waals surface area contributed by atoms with Gasteiger partial charge in [0.15, 0.2) is 0 Å². The predicted molar refractivity (Wildman–Crippen MR) is 70.5 cm³/mol. The van der Waals surface area contributed by atoms with Crippen LogP contribution < -0.4 is 0 Å². The SMILES string of the molecule is OC(c1ccc(-c2ccccc2Br)cc1)C(F)F. The number of aliphatic hydroxyl groups excluding tert-OH is 1. The van der Waals surface area contributed by atoms with Crippen molar-refractivity contribution in [3.63, 3.8) is 0 Å².